The van der Waals surface area contributed by atoms with Crippen LogP contribution in [-0.2, 0) is 6.54 Å². The Kier molecular flexibility index (Phi) is 6.15. The van der Waals surface area contributed by atoms with Gasteiger partial charge in [0.05, 0.1) is 6.61 Å². The van der Waals surface area contributed by atoms with Gasteiger partial charge in [0, 0.05) is 17.2 Å². The first kappa shape index (κ1) is 15.9. The molecule has 2 nitrogen and oxygen atoms in total. The van der Waals surface area contributed by atoms with Crippen LogP contribution in [0.5, 0.6) is 5.75 Å². The molecule has 0 fully saturated rings. The monoisotopic (exact) mass is 301 g/mol. The van der Waals surface area contributed by atoms with Gasteiger partial charge in [0.15, 0.2) is 0 Å². The lowest BCUT2D eigenvalue weighted by atomic mass is 10.2. The number of nitrogens with two attached hydrogens (primary N) is 1. The van der Waals surface area contributed by atoms with Crippen molar-refractivity contribution >= 4 is 11.8 Å². The van der Waals surface area contributed by atoms with E-state index in [0.717, 1.165) is 30.1 Å². The van der Waals surface area contributed by atoms with Gasteiger partial charge in [-0.1, -0.05) is 29.8 Å². The van der Waals surface area contributed by atoms with Crippen LogP contribution >= 0.6 is 11.8 Å². The molecule has 0 heterocycles. The first-order chi connectivity index (χ1) is 10.2. The van der Waals surface area contributed by atoms with Crippen LogP contribution < -0.4 is 10.5 Å². The minimum Gasteiger partial charge on any atom is -0.494 e. The molecule has 2 N–H and O–H groups in total. The smallest absolute Gasteiger partial charge is 0.119 e. The fourth-order valence-corrected chi connectivity index (χ4v) is 3.10. The zero-order valence-electron chi connectivity index (χ0n) is 12.8. The first-order valence-corrected chi connectivity index (χ1v) is 8.29. The van der Waals surface area contributed by atoms with Crippen LogP contribution in [0.15, 0.2) is 47.4 Å². The Morgan fingerprint density at radius 3 is 2.76 bits per heavy atom. The number of aryl methyl sites for hydroxylation is 2. The number of thioether (sulfide) groups is 1. The standard InChI is InChI=1S/C18H23NOS/c1-14-7-8-15(2)18(11-14)21-10-4-9-20-17-6-3-5-16(12-17)13-19/h3,5-8,11-12H,4,9-10,13,19H2,1-2H3. The van der Waals surface area contributed by atoms with Crippen molar-refractivity contribution in [2.45, 2.75) is 31.7 Å². The summed E-state index contributed by atoms with van der Waals surface area (Å²) in [4.78, 5) is 1.38. The molecule has 0 radical (unpaired) electrons. The third-order valence-electron chi connectivity index (χ3n) is 3.29. The maximum Gasteiger partial charge on any atom is 0.119 e. The van der Waals surface area contributed by atoms with E-state index in [1.54, 1.807) is 0 Å². The minimum absolute atomic E-state index is 0.555. The van der Waals surface area contributed by atoms with Crippen molar-refractivity contribution in [1.29, 1.82) is 0 Å². The Labute approximate surface area is 131 Å². The summed E-state index contributed by atoms with van der Waals surface area (Å²) in [6, 6.07) is 14.6. The van der Waals surface area contributed by atoms with E-state index < -0.39 is 0 Å². The summed E-state index contributed by atoms with van der Waals surface area (Å²) in [6.07, 6.45) is 1.03. The topological polar surface area (TPSA) is 35.2 Å². The summed E-state index contributed by atoms with van der Waals surface area (Å²) >= 11 is 1.90. The highest BCUT2D eigenvalue weighted by Gasteiger charge is 2.00. The predicted octanol–water partition coefficient (Wildman–Crippen LogP) is 4.32. The van der Waals surface area contributed by atoms with Gasteiger partial charge in [0.1, 0.15) is 5.75 Å². The summed E-state index contributed by atoms with van der Waals surface area (Å²) in [7, 11) is 0. The third-order valence-corrected chi connectivity index (χ3v) is 4.54. The second-order valence-electron chi connectivity index (χ2n) is 5.17. The van der Waals surface area contributed by atoms with Gasteiger partial charge in [0.25, 0.3) is 0 Å². The van der Waals surface area contributed by atoms with Gasteiger partial charge in [-0.2, -0.15) is 0 Å². The second kappa shape index (κ2) is 8.11. The molecule has 0 aliphatic heterocycles. The lowest BCUT2D eigenvalue weighted by Gasteiger charge is -2.09. The number of rotatable bonds is 7. The number of benzene rings is 2. The molecule has 0 atom stereocenters. The van der Waals surface area contributed by atoms with E-state index in [-0.39, 0.29) is 0 Å². The Morgan fingerprint density at radius 2 is 1.95 bits per heavy atom. The highest BCUT2D eigenvalue weighted by Crippen LogP contribution is 2.24. The van der Waals surface area contributed by atoms with Gasteiger partial charge < -0.3 is 10.5 Å². The van der Waals surface area contributed by atoms with Crippen molar-refractivity contribution < 1.29 is 4.74 Å². The fourth-order valence-electron chi connectivity index (χ4n) is 2.06. The molecule has 0 amide bonds. The second-order valence-corrected chi connectivity index (χ2v) is 6.31. The summed E-state index contributed by atoms with van der Waals surface area (Å²) in [5, 5.41) is 0. The van der Waals surface area contributed by atoms with Gasteiger partial charge in [-0.05, 0) is 49.6 Å². The molecule has 2 aromatic carbocycles. The molecular formula is C18H23NOS. The van der Waals surface area contributed by atoms with Gasteiger partial charge in [-0.25, -0.2) is 0 Å². The molecule has 0 bridgehead atoms. The van der Waals surface area contributed by atoms with Crippen molar-refractivity contribution in [2.24, 2.45) is 5.73 Å². The van der Waals surface area contributed by atoms with Gasteiger partial charge in [-0.15, -0.1) is 11.8 Å². The van der Waals surface area contributed by atoms with E-state index >= 15 is 0 Å². The maximum absolute atomic E-state index is 5.77. The van der Waals surface area contributed by atoms with Crippen LogP contribution in [0.1, 0.15) is 23.1 Å². The Hall–Kier alpha value is -1.45. The number of hydrogen-bond acceptors (Lipinski definition) is 3. The van der Waals surface area contributed by atoms with E-state index in [2.05, 4.69) is 32.0 Å². The van der Waals surface area contributed by atoms with Crippen molar-refractivity contribution in [3.8, 4) is 5.75 Å². The first-order valence-electron chi connectivity index (χ1n) is 7.31. The molecule has 21 heavy (non-hydrogen) atoms. The number of ether oxygens (including phenoxy) is 1. The molecule has 0 aliphatic carbocycles. The zero-order valence-corrected chi connectivity index (χ0v) is 13.6. The Bertz CT molecular complexity index is 583. The van der Waals surface area contributed by atoms with E-state index in [0.29, 0.717) is 6.54 Å². The van der Waals surface area contributed by atoms with E-state index in [1.165, 1.54) is 16.0 Å². The Morgan fingerprint density at radius 1 is 1.10 bits per heavy atom. The fraction of sp³-hybridized carbons (Fsp3) is 0.333. The average Bonchev–Trinajstić information content (AvgIpc) is 2.50. The van der Waals surface area contributed by atoms with Crippen LogP contribution in [0.2, 0.25) is 0 Å². The Balaban J connectivity index is 1.73. The van der Waals surface area contributed by atoms with Crippen molar-refractivity contribution in [3.05, 3.63) is 59.2 Å². The number of hydrogen-bond donors (Lipinski definition) is 1. The maximum atomic E-state index is 5.77. The SMILES string of the molecule is Cc1ccc(C)c(SCCCOc2cccc(CN)c2)c1. The lowest BCUT2D eigenvalue weighted by molar-refractivity contribution is 0.318. The van der Waals surface area contributed by atoms with Crippen LogP contribution in [0.3, 0.4) is 0 Å². The van der Waals surface area contributed by atoms with E-state index in [1.807, 2.05) is 36.0 Å². The lowest BCUT2D eigenvalue weighted by Crippen LogP contribution is -2.01. The van der Waals surface area contributed by atoms with Gasteiger partial charge in [0.2, 0.25) is 0 Å². The highest BCUT2D eigenvalue weighted by atomic mass is 32.2. The van der Waals surface area contributed by atoms with E-state index in [9.17, 15) is 0 Å². The van der Waals surface area contributed by atoms with Crippen molar-refractivity contribution in [2.75, 3.05) is 12.4 Å². The summed E-state index contributed by atoms with van der Waals surface area (Å²) < 4.78 is 5.77. The molecular weight excluding hydrogens is 278 g/mol. The molecule has 0 saturated heterocycles. The van der Waals surface area contributed by atoms with Crippen LogP contribution in [0.25, 0.3) is 0 Å². The minimum atomic E-state index is 0.555. The van der Waals surface area contributed by atoms with E-state index in [4.69, 9.17) is 10.5 Å². The average molecular weight is 301 g/mol. The summed E-state index contributed by atoms with van der Waals surface area (Å²) in [5.74, 6) is 1.98. The van der Waals surface area contributed by atoms with Gasteiger partial charge in [-0.3, -0.25) is 0 Å². The molecule has 0 spiro atoms. The highest BCUT2D eigenvalue weighted by molar-refractivity contribution is 7.99. The quantitative estimate of drug-likeness (QED) is 0.611. The van der Waals surface area contributed by atoms with Crippen molar-refractivity contribution in [1.82, 2.24) is 0 Å². The third kappa shape index (κ3) is 5.10. The molecule has 0 saturated carbocycles. The van der Waals surface area contributed by atoms with Gasteiger partial charge >= 0.3 is 0 Å². The summed E-state index contributed by atoms with van der Waals surface area (Å²) in [5.41, 5.74) is 9.40. The molecule has 2 rings (SSSR count). The molecule has 112 valence electrons. The molecule has 3 heteroatoms. The molecule has 0 aliphatic rings. The molecule has 2 aromatic rings. The summed E-state index contributed by atoms with van der Waals surface area (Å²) in [6.45, 7) is 5.60. The van der Waals surface area contributed by atoms with Crippen LogP contribution in [0, 0.1) is 13.8 Å². The molecule has 0 unspecified atom stereocenters. The van der Waals surface area contributed by atoms with Crippen LogP contribution in [0.4, 0.5) is 0 Å². The normalized spacial score (nSPS) is 10.6. The van der Waals surface area contributed by atoms with Crippen LogP contribution in [-0.4, -0.2) is 12.4 Å². The zero-order chi connectivity index (χ0) is 15.1. The molecule has 0 aromatic heterocycles. The predicted molar refractivity (Wildman–Crippen MR) is 91.1 cm³/mol. The largest absolute Gasteiger partial charge is 0.494 e. The van der Waals surface area contributed by atoms with Crippen molar-refractivity contribution in [3.63, 3.8) is 0 Å².